The molecule has 0 fully saturated rings. The molecule has 0 aliphatic carbocycles. The minimum absolute atomic E-state index is 0.122. The van der Waals surface area contributed by atoms with Gasteiger partial charge in [-0.3, -0.25) is 0 Å². The average molecular weight is 228 g/mol. The first-order valence-electron chi connectivity index (χ1n) is 4.04. The van der Waals surface area contributed by atoms with Gasteiger partial charge < -0.3 is 5.73 Å². The Bertz CT molecular complexity index is 292. The van der Waals surface area contributed by atoms with E-state index in [1.54, 1.807) is 0 Å². The Labute approximate surface area is 82.1 Å². The molecule has 1 aromatic carbocycles. The van der Waals surface area contributed by atoms with Crippen LogP contribution in [-0.4, -0.2) is 0 Å². The van der Waals surface area contributed by atoms with Crippen LogP contribution in [0.4, 0.5) is 0 Å². The minimum atomic E-state index is 0.122. The fourth-order valence-electron chi connectivity index (χ4n) is 1.29. The molecule has 1 nitrogen and oxygen atoms in total. The second kappa shape index (κ2) is 3.58. The van der Waals surface area contributed by atoms with Gasteiger partial charge >= 0.3 is 0 Å². The van der Waals surface area contributed by atoms with Crippen molar-refractivity contribution in [3.63, 3.8) is 0 Å². The number of hydrogen-bond donors (Lipinski definition) is 1. The Morgan fingerprint density at radius 3 is 2.33 bits per heavy atom. The van der Waals surface area contributed by atoms with Crippen LogP contribution >= 0.6 is 15.9 Å². The van der Waals surface area contributed by atoms with Crippen LogP contribution in [0.25, 0.3) is 0 Å². The van der Waals surface area contributed by atoms with Gasteiger partial charge in [0.2, 0.25) is 0 Å². The molecule has 1 rings (SSSR count). The van der Waals surface area contributed by atoms with E-state index < -0.39 is 0 Å². The van der Waals surface area contributed by atoms with Crippen LogP contribution in [-0.2, 0) is 0 Å². The highest BCUT2D eigenvalue weighted by molar-refractivity contribution is 9.10. The van der Waals surface area contributed by atoms with Crippen LogP contribution in [0.1, 0.15) is 29.7 Å². The molecule has 1 atom stereocenters. The second-order valence-corrected chi connectivity index (χ2v) is 4.10. The summed E-state index contributed by atoms with van der Waals surface area (Å²) in [6, 6.07) is 4.38. The molecule has 0 aliphatic rings. The average Bonchev–Trinajstić information content (AvgIpc) is 1.96. The number of nitrogens with two attached hydrogens (primary N) is 1. The van der Waals surface area contributed by atoms with E-state index in [1.165, 1.54) is 16.7 Å². The van der Waals surface area contributed by atoms with E-state index in [1.807, 2.05) is 6.92 Å². The van der Waals surface area contributed by atoms with Gasteiger partial charge in [-0.05, 0) is 43.5 Å². The Balaban J connectivity index is 3.23. The maximum Gasteiger partial charge on any atom is 0.0268 e. The van der Waals surface area contributed by atoms with Crippen LogP contribution in [0.5, 0.6) is 0 Å². The monoisotopic (exact) mass is 227 g/mol. The lowest BCUT2D eigenvalue weighted by atomic mass is 10.0. The highest BCUT2D eigenvalue weighted by Crippen LogP contribution is 2.23. The maximum absolute atomic E-state index is 5.82. The predicted octanol–water partition coefficient (Wildman–Crippen LogP) is 3.09. The van der Waals surface area contributed by atoms with Gasteiger partial charge in [0.25, 0.3) is 0 Å². The molecule has 0 aromatic heterocycles. The van der Waals surface area contributed by atoms with E-state index in [-0.39, 0.29) is 6.04 Å². The zero-order chi connectivity index (χ0) is 9.30. The molecule has 1 aromatic rings. The summed E-state index contributed by atoms with van der Waals surface area (Å²) >= 11 is 3.49. The van der Waals surface area contributed by atoms with E-state index in [0.717, 1.165) is 4.47 Å². The maximum atomic E-state index is 5.82. The Kier molecular flexibility index (Phi) is 2.91. The summed E-state index contributed by atoms with van der Waals surface area (Å²) in [6.07, 6.45) is 0. The van der Waals surface area contributed by atoms with Gasteiger partial charge in [-0.2, -0.15) is 0 Å². The second-order valence-electron chi connectivity index (χ2n) is 3.25. The summed E-state index contributed by atoms with van der Waals surface area (Å²) in [5.74, 6) is 0. The first-order valence-corrected chi connectivity index (χ1v) is 4.84. The van der Waals surface area contributed by atoms with Gasteiger partial charge in [-0.25, -0.2) is 0 Å². The molecule has 12 heavy (non-hydrogen) atoms. The summed E-state index contributed by atoms with van der Waals surface area (Å²) in [4.78, 5) is 0. The van der Waals surface area contributed by atoms with Crippen molar-refractivity contribution in [3.8, 4) is 0 Å². The van der Waals surface area contributed by atoms with Crippen molar-refractivity contribution in [2.24, 2.45) is 5.73 Å². The van der Waals surface area contributed by atoms with Crippen LogP contribution in [0.2, 0.25) is 0 Å². The van der Waals surface area contributed by atoms with Gasteiger partial charge in [0, 0.05) is 10.5 Å². The molecule has 0 amide bonds. The molecule has 2 N–H and O–H groups in total. The largest absolute Gasteiger partial charge is 0.324 e. The quantitative estimate of drug-likeness (QED) is 0.785. The minimum Gasteiger partial charge on any atom is -0.324 e. The third-order valence-corrected chi connectivity index (χ3v) is 2.89. The molecular weight excluding hydrogens is 214 g/mol. The van der Waals surface area contributed by atoms with Crippen molar-refractivity contribution >= 4 is 15.9 Å². The Morgan fingerprint density at radius 2 is 1.83 bits per heavy atom. The molecule has 0 bridgehead atoms. The molecule has 0 unspecified atom stereocenters. The van der Waals surface area contributed by atoms with Crippen molar-refractivity contribution in [1.82, 2.24) is 0 Å². The molecule has 0 spiro atoms. The van der Waals surface area contributed by atoms with E-state index in [4.69, 9.17) is 5.73 Å². The lowest BCUT2D eigenvalue weighted by Gasteiger charge is -2.11. The van der Waals surface area contributed by atoms with Gasteiger partial charge in [-0.15, -0.1) is 0 Å². The number of benzene rings is 1. The van der Waals surface area contributed by atoms with Gasteiger partial charge in [0.1, 0.15) is 0 Å². The molecule has 0 aliphatic heterocycles. The zero-order valence-electron chi connectivity index (χ0n) is 7.69. The highest BCUT2D eigenvalue weighted by Gasteiger charge is 2.05. The van der Waals surface area contributed by atoms with Crippen molar-refractivity contribution in [1.29, 1.82) is 0 Å². The van der Waals surface area contributed by atoms with Crippen LogP contribution in [0.3, 0.4) is 0 Å². The Morgan fingerprint density at radius 1 is 1.25 bits per heavy atom. The fourth-order valence-corrected chi connectivity index (χ4v) is 1.75. The Hall–Kier alpha value is -0.340. The van der Waals surface area contributed by atoms with Crippen molar-refractivity contribution in [2.45, 2.75) is 26.8 Å². The van der Waals surface area contributed by atoms with E-state index in [9.17, 15) is 0 Å². The fraction of sp³-hybridized carbons (Fsp3) is 0.400. The third-order valence-electron chi connectivity index (χ3n) is 2.04. The van der Waals surface area contributed by atoms with E-state index in [0.29, 0.717) is 0 Å². The van der Waals surface area contributed by atoms with Gasteiger partial charge in [0.15, 0.2) is 0 Å². The number of hydrogen-bond acceptors (Lipinski definition) is 1. The van der Waals surface area contributed by atoms with Crippen molar-refractivity contribution < 1.29 is 0 Å². The first kappa shape index (κ1) is 9.75. The van der Waals surface area contributed by atoms with Gasteiger partial charge in [-0.1, -0.05) is 22.0 Å². The zero-order valence-corrected chi connectivity index (χ0v) is 9.27. The SMILES string of the molecule is Cc1cc([C@H](C)N)c(C)cc1Br. The highest BCUT2D eigenvalue weighted by atomic mass is 79.9. The van der Waals surface area contributed by atoms with Crippen molar-refractivity contribution in [3.05, 3.63) is 33.3 Å². The standard InChI is InChI=1S/C10H14BrN/c1-6-5-10(11)7(2)4-9(6)8(3)12/h4-5,8H,12H2,1-3H3/t8-/m0/s1. The summed E-state index contributed by atoms with van der Waals surface area (Å²) in [7, 11) is 0. The molecule has 0 saturated heterocycles. The van der Waals surface area contributed by atoms with Gasteiger partial charge in [0.05, 0.1) is 0 Å². The lowest BCUT2D eigenvalue weighted by Crippen LogP contribution is -2.07. The van der Waals surface area contributed by atoms with Crippen LogP contribution in [0.15, 0.2) is 16.6 Å². The molecule has 0 heterocycles. The van der Waals surface area contributed by atoms with E-state index in [2.05, 4.69) is 41.9 Å². The normalized spacial score (nSPS) is 13.1. The molecule has 66 valence electrons. The first-order chi connectivity index (χ1) is 5.52. The van der Waals surface area contributed by atoms with Crippen molar-refractivity contribution in [2.75, 3.05) is 0 Å². The molecule has 0 saturated carbocycles. The molecule has 0 radical (unpaired) electrons. The summed E-state index contributed by atoms with van der Waals surface area (Å²) in [5.41, 5.74) is 9.55. The van der Waals surface area contributed by atoms with Crippen LogP contribution < -0.4 is 5.73 Å². The summed E-state index contributed by atoms with van der Waals surface area (Å²) in [6.45, 7) is 6.17. The van der Waals surface area contributed by atoms with E-state index >= 15 is 0 Å². The summed E-state index contributed by atoms with van der Waals surface area (Å²) < 4.78 is 1.16. The summed E-state index contributed by atoms with van der Waals surface area (Å²) in [5, 5.41) is 0. The molecular formula is C10H14BrN. The lowest BCUT2D eigenvalue weighted by molar-refractivity contribution is 0.808. The number of aryl methyl sites for hydroxylation is 2. The van der Waals surface area contributed by atoms with Crippen LogP contribution in [0, 0.1) is 13.8 Å². The third kappa shape index (κ3) is 1.87. The predicted molar refractivity (Wildman–Crippen MR) is 56.2 cm³/mol. The molecule has 2 heteroatoms. The number of halogens is 1. The smallest absolute Gasteiger partial charge is 0.0268 e. The number of rotatable bonds is 1. The topological polar surface area (TPSA) is 26.0 Å².